The number of aromatic nitrogens is 1. The third kappa shape index (κ3) is 5.56. The molecule has 1 aromatic rings. The third-order valence-electron chi connectivity index (χ3n) is 4.65. The van der Waals surface area contributed by atoms with E-state index >= 15 is 0 Å². The number of carbonyl (C=O) groups excluding carboxylic acids is 1. The molecule has 2 heterocycles. The summed E-state index contributed by atoms with van der Waals surface area (Å²) in [5, 5.41) is 3.80. The summed E-state index contributed by atoms with van der Waals surface area (Å²) in [6.07, 6.45) is 1.53. The highest BCUT2D eigenvalue weighted by atomic mass is 32.1. The van der Waals surface area contributed by atoms with Crippen molar-refractivity contribution in [1.82, 2.24) is 10.3 Å². The number of ether oxygens (including phenoxy) is 1. The first kappa shape index (κ1) is 21.9. The number of thiazole rings is 1. The summed E-state index contributed by atoms with van der Waals surface area (Å²) >= 11 is 1.60. The number of hydrogen-bond donors (Lipinski definition) is 1. The van der Waals surface area contributed by atoms with Crippen molar-refractivity contribution in [1.29, 1.82) is 0 Å². The average Bonchev–Trinajstić information content (AvgIpc) is 2.88. The first-order valence-electron chi connectivity index (χ1n) is 9.17. The highest BCUT2D eigenvalue weighted by Crippen LogP contribution is 2.39. The molecule has 1 saturated heterocycles. The SMILES string of the molecule is Cc1nc(C)c(C=C(CNC(=O)OC(C)(C)C)B2OC(C)(C)C(C)(C)O2)s1. The minimum Gasteiger partial charge on any atom is -0.444 e. The Morgan fingerprint density at radius 1 is 1.22 bits per heavy atom. The van der Waals surface area contributed by atoms with Gasteiger partial charge in [0.15, 0.2) is 0 Å². The molecule has 0 radical (unpaired) electrons. The Morgan fingerprint density at radius 3 is 2.22 bits per heavy atom. The summed E-state index contributed by atoms with van der Waals surface area (Å²) < 4.78 is 17.7. The molecular formula is C19H31BN2O4S. The van der Waals surface area contributed by atoms with Gasteiger partial charge in [-0.05, 0) is 73.9 Å². The number of rotatable bonds is 4. The van der Waals surface area contributed by atoms with Crippen LogP contribution in [0.3, 0.4) is 0 Å². The summed E-state index contributed by atoms with van der Waals surface area (Å²) in [6.45, 7) is 17.7. The molecule has 0 spiro atoms. The number of alkyl carbamates (subject to hydrolysis) is 1. The molecule has 1 fully saturated rings. The second kappa shape index (κ2) is 7.56. The van der Waals surface area contributed by atoms with Gasteiger partial charge in [0.25, 0.3) is 0 Å². The molecule has 1 aliphatic rings. The Hall–Kier alpha value is -1.38. The zero-order chi connectivity index (χ0) is 20.6. The topological polar surface area (TPSA) is 69.7 Å². The van der Waals surface area contributed by atoms with E-state index in [1.54, 1.807) is 11.3 Å². The molecule has 1 aliphatic heterocycles. The van der Waals surface area contributed by atoms with Crippen molar-refractivity contribution < 1.29 is 18.8 Å². The molecule has 150 valence electrons. The van der Waals surface area contributed by atoms with Crippen LogP contribution in [0.5, 0.6) is 0 Å². The van der Waals surface area contributed by atoms with E-state index in [9.17, 15) is 4.79 Å². The summed E-state index contributed by atoms with van der Waals surface area (Å²) in [4.78, 5) is 17.6. The fourth-order valence-corrected chi connectivity index (χ4v) is 3.44. The van der Waals surface area contributed by atoms with Gasteiger partial charge in [-0.2, -0.15) is 0 Å². The number of hydrogen-bond acceptors (Lipinski definition) is 6. The number of nitrogens with one attached hydrogen (secondary N) is 1. The molecule has 8 heteroatoms. The van der Waals surface area contributed by atoms with Crippen LogP contribution < -0.4 is 5.32 Å². The van der Waals surface area contributed by atoms with Crippen LogP contribution >= 0.6 is 11.3 Å². The average molecular weight is 394 g/mol. The molecule has 1 aromatic heterocycles. The van der Waals surface area contributed by atoms with E-state index in [0.717, 1.165) is 21.1 Å². The van der Waals surface area contributed by atoms with E-state index in [2.05, 4.69) is 10.3 Å². The lowest BCUT2D eigenvalue weighted by atomic mass is 9.77. The maximum absolute atomic E-state index is 12.1. The fraction of sp³-hybridized carbons (Fsp3) is 0.684. The smallest absolute Gasteiger partial charge is 0.444 e. The molecule has 0 bridgehead atoms. The highest BCUT2D eigenvalue weighted by molar-refractivity contribution is 7.12. The van der Waals surface area contributed by atoms with Crippen LogP contribution in [0.25, 0.3) is 6.08 Å². The molecule has 1 N–H and O–H groups in total. The largest absolute Gasteiger partial charge is 0.492 e. The number of amides is 1. The van der Waals surface area contributed by atoms with Crippen LogP contribution in [0.1, 0.15) is 64.0 Å². The molecule has 27 heavy (non-hydrogen) atoms. The van der Waals surface area contributed by atoms with E-state index < -0.39 is 30.0 Å². The lowest BCUT2D eigenvalue weighted by molar-refractivity contribution is 0.00578. The predicted octanol–water partition coefficient (Wildman–Crippen LogP) is 4.30. The number of carbonyl (C=O) groups is 1. The van der Waals surface area contributed by atoms with Gasteiger partial charge >= 0.3 is 13.2 Å². The second-order valence-electron chi connectivity index (χ2n) is 8.85. The third-order valence-corrected chi connectivity index (χ3v) is 5.67. The second-order valence-corrected chi connectivity index (χ2v) is 10.1. The van der Waals surface area contributed by atoms with Crippen molar-refractivity contribution in [3.05, 3.63) is 21.1 Å². The first-order chi connectivity index (χ1) is 12.2. The normalized spacial score (nSPS) is 19.3. The minimum absolute atomic E-state index is 0.266. The molecule has 0 saturated carbocycles. The van der Waals surface area contributed by atoms with Gasteiger partial charge < -0.3 is 19.4 Å². The van der Waals surface area contributed by atoms with E-state index in [0.29, 0.717) is 0 Å². The minimum atomic E-state index is -0.552. The highest BCUT2D eigenvalue weighted by Gasteiger charge is 2.52. The molecule has 6 nitrogen and oxygen atoms in total. The molecule has 1 amide bonds. The molecule has 0 atom stereocenters. The van der Waals surface area contributed by atoms with Crippen molar-refractivity contribution in [2.24, 2.45) is 0 Å². The van der Waals surface area contributed by atoms with E-state index in [-0.39, 0.29) is 6.54 Å². The lowest BCUT2D eigenvalue weighted by Gasteiger charge is -2.32. The zero-order valence-corrected chi connectivity index (χ0v) is 18.7. The van der Waals surface area contributed by atoms with Crippen molar-refractivity contribution in [2.75, 3.05) is 6.54 Å². The van der Waals surface area contributed by atoms with Gasteiger partial charge in [0, 0.05) is 11.4 Å². The van der Waals surface area contributed by atoms with E-state index in [1.165, 1.54) is 0 Å². The molecule has 0 aliphatic carbocycles. The Morgan fingerprint density at radius 2 is 1.78 bits per heavy atom. The van der Waals surface area contributed by atoms with Gasteiger partial charge in [0.1, 0.15) is 5.60 Å². The van der Waals surface area contributed by atoms with Gasteiger partial charge in [0.2, 0.25) is 0 Å². The Balaban J connectivity index is 2.25. The van der Waals surface area contributed by atoms with Crippen molar-refractivity contribution >= 4 is 30.6 Å². The van der Waals surface area contributed by atoms with Crippen molar-refractivity contribution in [3.63, 3.8) is 0 Å². The van der Waals surface area contributed by atoms with E-state index in [4.69, 9.17) is 14.0 Å². The maximum Gasteiger partial charge on any atom is 0.492 e. The molecular weight excluding hydrogens is 363 g/mol. The van der Waals surface area contributed by atoms with Gasteiger partial charge in [0.05, 0.1) is 21.9 Å². The van der Waals surface area contributed by atoms with Crippen molar-refractivity contribution in [2.45, 2.75) is 79.1 Å². The molecule has 0 aromatic carbocycles. The lowest BCUT2D eigenvalue weighted by Crippen LogP contribution is -2.41. The summed E-state index contributed by atoms with van der Waals surface area (Å²) in [6, 6.07) is 0. The van der Waals surface area contributed by atoms with Crippen LogP contribution in [0.4, 0.5) is 4.79 Å². The van der Waals surface area contributed by atoms with Crippen LogP contribution in [0.2, 0.25) is 0 Å². The van der Waals surface area contributed by atoms with Crippen LogP contribution in [0.15, 0.2) is 5.47 Å². The first-order valence-corrected chi connectivity index (χ1v) is 9.99. The van der Waals surface area contributed by atoms with Gasteiger partial charge in [-0.25, -0.2) is 9.78 Å². The van der Waals surface area contributed by atoms with E-state index in [1.807, 2.05) is 68.4 Å². The quantitative estimate of drug-likeness (QED) is 0.771. The maximum atomic E-state index is 12.1. The van der Waals surface area contributed by atoms with Crippen LogP contribution in [0, 0.1) is 13.8 Å². The number of nitrogens with zero attached hydrogens (tertiary/aromatic N) is 1. The molecule has 0 unspecified atom stereocenters. The Kier molecular flexibility index (Phi) is 6.14. The summed E-state index contributed by atoms with van der Waals surface area (Å²) in [5.41, 5.74) is 0.307. The van der Waals surface area contributed by atoms with Crippen LogP contribution in [-0.2, 0) is 14.0 Å². The predicted molar refractivity (Wildman–Crippen MR) is 110 cm³/mol. The zero-order valence-electron chi connectivity index (χ0n) is 17.9. The Bertz CT molecular complexity index is 719. The van der Waals surface area contributed by atoms with Crippen molar-refractivity contribution in [3.8, 4) is 0 Å². The van der Waals surface area contributed by atoms with Crippen LogP contribution in [-0.4, -0.2) is 41.5 Å². The number of aryl methyl sites for hydroxylation is 2. The van der Waals surface area contributed by atoms with Gasteiger partial charge in [-0.15, -0.1) is 11.3 Å². The standard InChI is InChI=1S/C19H31BN2O4S/c1-12-15(27-13(2)22-12)10-14(11-21-16(23)24-17(3,4)5)20-25-18(6,7)19(8,9)26-20/h10H,11H2,1-9H3,(H,21,23). The Labute approximate surface area is 166 Å². The summed E-state index contributed by atoms with van der Waals surface area (Å²) in [5.74, 6) is 0. The fourth-order valence-electron chi connectivity index (χ4n) is 2.53. The molecule has 2 rings (SSSR count). The summed E-state index contributed by atoms with van der Waals surface area (Å²) in [7, 11) is -0.549. The van der Waals surface area contributed by atoms with Gasteiger partial charge in [-0.1, -0.05) is 0 Å². The monoisotopic (exact) mass is 394 g/mol. The van der Waals surface area contributed by atoms with Gasteiger partial charge in [-0.3, -0.25) is 0 Å².